The van der Waals surface area contributed by atoms with Crippen molar-refractivity contribution in [2.24, 2.45) is 0 Å². The van der Waals surface area contributed by atoms with Gasteiger partial charge in [-0.3, -0.25) is 4.79 Å². The Balaban J connectivity index is 3.14. The van der Waals surface area contributed by atoms with E-state index in [1.165, 1.54) is 6.07 Å². The van der Waals surface area contributed by atoms with Crippen molar-refractivity contribution in [3.8, 4) is 0 Å². The number of rotatable bonds is 5. The van der Waals surface area contributed by atoms with Gasteiger partial charge in [0.2, 0.25) is 0 Å². The predicted molar refractivity (Wildman–Crippen MR) is 65.8 cm³/mol. The molecule has 17 heavy (non-hydrogen) atoms. The molecule has 0 amide bonds. The largest absolute Gasteiger partial charge is 0.481 e. The molecule has 0 aliphatic heterocycles. The van der Waals surface area contributed by atoms with Gasteiger partial charge in [0.25, 0.3) is 0 Å². The molecule has 0 aromatic heterocycles. The minimum atomic E-state index is -0.940. The monoisotopic (exact) mass is 238 g/mol. The Morgan fingerprint density at radius 1 is 1.41 bits per heavy atom. The SMILES string of the molecule is CCCCC(C(=O)O)c1c(C)cc(C)cc1F. The summed E-state index contributed by atoms with van der Waals surface area (Å²) in [5.74, 6) is -2.06. The average Bonchev–Trinajstić information content (AvgIpc) is 2.20. The number of carbonyl (C=O) groups is 1. The quantitative estimate of drug-likeness (QED) is 0.847. The molecule has 1 aromatic rings. The maximum Gasteiger partial charge on any atom is 0.311 e. The number of benzene rings is 1. The second-order valence-corrected chi connectivity index (χ2v) is 4.51. The lowest BCUT2D eigenvalue weighted by molar-refractivity contribution is -0.139. The molecule has 1 atom stereocenters. The molecule has 1 unspecified atom stereocenters. The second kappa shape index (κ2) is 5.80. The van der Waals surface area contributed by atoms with Crippen LogP contribution in [0.2, 0.25) is 0 Å². The smallest absolute Gasteiger partial charge is 0.311 e. The van der Waals surface area contributed by atoms with E-state index in [2.05, 4.69) is 0 Å². The third kappa shape index (κ3) is 3.29. The highest BCUT2D eigenvalue weighted by Crippen LogP contribution is 2.28. The first-order valence-corrected chi connectivity index (χ1v) is 5.96. The molecule has 0 aliphatic carbocycles. The molecule has 1 N–H and O–H groups in total. The number of carboxylic acids is 1. The summed E-state index contributed by atoms with van der Waals surface area (Å²) >= 11 is 0. The van der Waals surface area contributed by atoms with Gasteiger partial charge in [-0.15, -0.1) is 0 Å². The Bertz CT molecular complexity index is 390. The molecule has 0 saturated heterocycles. The fourth-order valence-corrected chi connectivity index (χ4v) is 2.17. The van der Waals surface area contributed by atoms with E-state index in [0.717, 1.165) is 24.0 Å². The number of aryl methyl sites for hydroxylation is 2. The number of halogens is 1. The Morgan fingerprint density at radius 3 is 2.53 bits per heavy atom. The van der Waals surface area contributed by atoms with E-state index in [1.54, 1.807) is 6.92 Å². The van der Waals surface area contributed by atoms with E-state index in [9.17, 15) is 14.3 Å². The maximum atomic E-state index is 13.9. The summed E-state index contributed by atoms with van der Waals surface area (Å²) in [5.41, 5.74) is 1.89. The van der Waals surface area contributed by atoms with Crippen molar-refractivity contribution in [3.63, 3.8) is 0 Å². The van der Waals surface area contributed by atoms with Gasteiger partial charge in [-0.05, 0) is 37.5 Å². The molecular weight excluding hydrogens is 219 g/mol. The molecule has 1 rings (SSSR count). The fourth-order valence-electron chi connectivity index (χ4n) is 2.17. The van der Waals surface area contributed by atoms with Gasteiger partial charge in [0, 0.05) is 5.56 Å². The standard InChI is InChI=1S/C14H19FO2/c1-4-5-6-11(14(16)17)13-10(3)7-9(2)8-12(13)15/h7-8,11H,4-6H2,1-3H3,(H,16,17). The van der Waals surface area contributed by atoms with Crippen LogP contribution in [-0.4, -0.2) is 11.1 Å². The number of unbranched alkanes of at least 4 members (excludes halogenated alkanes) is 1. The van der Waals surface area contributed by atoms with Crippen LogP contribution in [0.25, 0.3) is 0 Å². The molecule has 0 spiro atoms. The summed E-state index contributed by atoms with van der Waals surface area (Å²) < 4.78 is 13.9. The zero-order chi connectivity index (χ0) is 13.0. The van der Waals surface area contributed by atoms with Gasteiger partial charge in [0.1, 0.15) is 5.82 Å². The van der Waals surface area contributed by atoms with Crippen molar-refractivity contribution in [1.82, 2.24) is 0 Å². The van der Waals surface area contributed by atoms with E-state index in [-0.39, 0.29) is 0 Å². The van der Waals surface area contributed by atoms with Gasteiger partial charge in [0.05, 0.1) is 5.92 Å². The van der Waals surface area contributed by atoms with Gasteiger partial charge < -0.3 is 5.11 Å². The van der Waals surface area contributed by atoms with Gasteiger partial charge in [-0.1, -0.05) is 25.8 Å². The van der Waals surface area contributed by atoms with Gasteiger partial charge in [-0.25, -0.2) is 4.39 Å². The van der Waals surface area contributed by atoms with Gasteiger partial charge in [-0.2, -0.15) is 0 Å². The molecule has 3 heteroatoms. The van der Waals surface area contributed by atoms with Crippen molar-refractivity contribution in [1.29, 1.82) is 0 Å². The molecule has 0 aliphatic rings. The molecule has 0 radical (unpaired) electrons. The highest BCUT2D eigenvalue weighted by Gasteiger charge is 2.24. The van der Waals surface area contributed by atoms with Crippen LogP contribution in [0.1, 0.15) is 48.8 Å². The Labute approximate surface area is 101 Å². The first-order chi connectivity index (χ1) is 7.97. The third-order valence-electron chi connectivity index (χ3n) is 2.97. The topological polar surface area (TPSA) is 37.3 Å². The van der Waals surface area contributed by atoms with E-state index in [4.69, 9.17) is 0 Å². The van der Waals surface area contributed by atoms with Crippen LogP contribution in [0.4, 0.5) is 4.39 Å². The van der Waals surface area contributed by atoms with Gasteiger partial charge >= 0.3 is 5.97 Å². The Kier molecular flexibility index (Phi) is 4.67. The molecule has 0 fully saturated rings. The van der Waals surface area contributed by atoms with Crippen LogP contribution in [-0.2, 0) is 4.79 Å². The molecule has 0 bridgehead atoms. The van der Waals surface area contributed by atoms with E-state index < -0.39 is 17.7 Å². The van der Waals surface area contributed by atoms with Crippen molar-refractivity contribution in [3.05, 3.63) is 34.6 Å². The predicted octanol–water partition coefficient (Wildman–Crippen LogP) is 3.80. The van der Waals surface area contributed by atoms with Crippen LogP contribution in [0.3, 0.4) is 0 Å². The van der Waals surface area contributed by atoms with Crippen LogP contribution in [0, 0.1) is 19.7 Å². The summed E-state index contributed by atoms with van der Waals surface area (Å²) in [7, 11) is 0. The number of carboxylic acid groups (broad SMARTS) is 1. The Morgan fingerprint density at radius 2 is 2.06 bits per heavy atom. The van der Waals surface area contributed by atoms with Crippen LogP contribution >= 0.6 is 0 Å². The number of aliphatic carboxylic acids is 1. The third-order valence-corrected chi connectivity index (χ3v) is 2.97. The van der Waals surface area contributed by atoms with Crippen LogP contribution in [0.15, 0.2) is 12.1 Å². The zero-order valence-electron chi connectivity index (χ0n) is 10.6. The average molecular weight is 238 g/mol. The zero-order valence-corrected chi connectivity index (χ0v) is 10.6. The molecule has 0 saturated carbocycles. The summed E-state index contributed by atoms with van der Waals surface area (Å²) in [6, 6.07) is 3.24. The molecule has 94 valence electrons. The lowest BCUT2D eigenvalue weighted by Crippen LogP contribution is -2.15. The lowest BCUT2D eigenvalue weighted by Gasteiger charge is -2.16. The second-order valence-electron chi connectivity index (χ2n) is 4.51. The van der Waals surface area contributed by atoms with E-state index >= 15 is 0 Å². The molecular formula is C14H19FO2. The van der Waals surface area contributed by atoms with Crippen molar-refractivity contribution < 1.29 is 14.3 Å². The summed E-state index contributed by atoms with van der Waals surface area (Å²) in [5, 5.41) is 9.20. The van der Waals surface area contributed by atoms with Gasteiger partial charge in [0.15, 0.2) is 0 Å². The minimum Gasteiger partial charge on any atom is -0.481 e. The number of hydrogen-bond acceptors (Lipinski definition) is 1. The van der Waals surface area contributed by atoms with Crippen molar-refractivity contribution >= 4 is 5.97 Å². The van der Waals surface area contributed by atoms with Crippen molar-refractivity contribution in [2.45, 2.75) is 46.0 Å². The Hall–Kier alpha value is -1.38. The number of hydrogen-bond donors (Lipinski definition) is 1. The fraction of sp³-hybridized carbons (Fsp3) is 0.500. The van der Waals surface area contributed by atoms with E-state index in [1.807, 2.05) is 19.9 Å². The maximum absolute atomic E-state index is 13.9. The highest BCUT2D eigenvalue weighted by molar-refractivity contribution is 5.76. The summed E-state index contributed by atoms with van der Waals surface area (Å²) in [4.78, 5) is 11.2. The first-order valence-electron chi connectivity index (χ1n) is 5.96. The molecule has 0 heterocycles. The summed E-state index contributed by atoms with van der Waals surface area (Å²) in [6.07, 6.45) is 2.20. The van der Waals surface area contributed by atoms with Crippen molar-refractivity contribution in [2.75, 3.05) is 0 Å². The normalized spacial score (nSPS) is 12.5. The minimum absolute atomic E-state index is 0.344. The highest BCUT2D eigenvalue weighted by atomic mass is 19.1. The van der Waals surface area contributed by atoms with Crippen LogP contribution in [0.5, 0.6) is 0 Å². The first kappa shape index (κ1) is 13.7. The summed E-state index contributed by atoms with van der Waals surface area (Å²) in [6.45, 7) is 5.58. The molecule has 1 aromatic carbocycles. The molecule has 2 nitrogen and oxygen atoms in total. The lowest BCUT2D eigenvalue weighted by atomic mass is 9.89. The van der Waals surface area contributed by atoms with Crippen LogP contribution < -0.4 is 0 Å². The van der Waals surface area contributed by atoms with E-state index in [0.29, 0.717) is 12.0 Å².